The van der Waals surface area contributed by atoms with Gasteiger partial charge in [0, 0.05) is 50.1 Å². The molecular weight excluding hydrogens is 454 g/mol. The van der Waals surface area contributed by atoms with Gasteiger partial charge < -0.3 is 19.4 Å². The summed E-state index contributed by atoms with van der Waals surface area (Å²) in [7, 11) is 0. The Bertz CT molecular complexity index is 1260. The van der Waals surface area contributed by atoms with Gasteiger partial charge in [0.15, 0.2) is 5.82 Å². The lowest BCUT2D eigenvalue weighted by Gasteiger charge is -2.27. The van der Waals surface area contributed by atoms with Crippen LogP contribution in [0.3, 0.4) is 0 Å². The molecule has 1 saturated heterocycles. The number of amides is 1. The molecule has 4 aromatic rings. The number of morpholine rings is 1. The zero-order chi connectivity index (χ0) is 24.6. The maximum Gasteiger partial charge on any atom is 0.221 e. The van der Waals surface area contributed by atoms with E-state index in [4.69, 9.17) is 19.1 Å². The van der Waals surface area contributed by atoms with E-state index in [-0.39, 0.29) is 5.91 Å². The first-order valence-corrected chi connectivity index (χ1v) is 12.4. The second kappa shape index (κ2) is 11.8. The van der Waals surface area contributed by atoms with E-state index in [2.05, 4.69) is 15.1 Å². The van der Waals surface area contributed by atoms with Crippen LogP contribution >= 0.6 is 0 Å². The Morgan fingerprint density at radius 2 is 1.78 bits per heavy atom. The summed E-state index contributed by atoms with van der Waals surface area (Å²) in [6.45, 7) is 5.81. The monoisotopic (exact) mass is 485 g/mol. The van der Waals surface area contributed by atoms with Crippen molar-refractivity contribution >= 4 is 22.6 Å². The van der Waals surface area contributed by atoms with E-state index in [1.807, 2.05) is 66.7 Å². The molecule has 2 aromatic heterocycles. The number of anilines is 1. The zero-order valence-corrected chi connectivity index (χ0v) is 20.3. The minimum atomic E-state index is 0.0225. The first-order chi connectivity index (χ1) is 17.8. The van der Waals surface area contributed by atoms with Crippen LogP contribution in [0.15, 0.2) is 77.4 Å². The van der Waals surface area contributed by atoms with E-state index in [0.29, 0.717) is 31.9 Å². The molecule has 3 heterocycles. The lowest BCUT2D eigenvalue weighted by molar-refractivity contribution is -0.121. The molecular formula is C28H31N5O3. The van der Waals surface area contributed by atoms with E-state index >= 15 is 0 Å². The van der Waals surface area contributed by atoms with Gasteiger partial charge in [0.1, 0.15) is 11.6 Å². The second-order valence-corrected chi connectivity index (χ2v) is 8.81. The number of rotatable bonds is 10. The van der Waals surface area contributed by atoms with Crippen molar-refractivity contribution < 1.29 is 13.9 Å². The standard InChI is InChI=1S/C28H31N5O3/c34-26(29-13-15-32-16-19-35-20-17-32)12-14-33(21-23-9-6-18-36-23)28-24-10-4-5-11-25(24)30-27(31-28)22-7-2-1-3-8-22/h1-11,18H,12-17,19-21H2,(H,29,34). The molecule has 0 saturated carbocycles. The van der Waals surface area contributed by atoms with Crippen LogP contribution in [0.4, 0.5) is 5.82 Å². The average Bonchev–Trinajstić information content (AvgIpc) is 3.45. The summed E-state index contributed by atoms with van der Waals surface area (Å²) >= 11 is 0. The molecule has 36 heavy (non-hydrogen) atoms. The van der Waals surface area contributed by atoms with E-state index in [1.54, 1.807) is 6.26 Å². The van der Waals surface area contributed by atoms with Crippen LogP contribution < -0.4 is 10.2 Å². The summed E-state index contributed by atoms with van der Waals surface area (Å²) in [6, 6.07) is 21.8. The first-order valence-electron chi connectivity index (χ1n) is 12.4. The number of aromatic nitrogens is 2. The number of carbonyl (C=O) groups excluding carboxylic acids is 1. The number of ether oxygens (including phenoxy) is 1. The largest absolute Gasteiger partial charge is 0.467 e. The number of benzene rings is 2. The predicted octanol–water partition coefficient (Wildman–Crippen LogP) is 3.73. The van der Waals surface area contributed by atoms with Crippen LogP contribution in [0.2, 0.25) is 0 Å². The molecule has 0 bridgehead atoms. The summed E-state index contributed by atoms with van der Waals surface area (Å²) in [4.78, 5) is 26.9. The maximum atomic E-state index is 12.7. The number of para-hydroxylation sites is 1. The molecule has 8 heteroatoms. The molecule has 1 aliphatic rings. The highest BCUT2D eigenvalue weighted by Gasteiger charge is 2.18. The second-order valence-electron chi connectivity index (χ2n) is 8.81. The molecule has 1 aliphatic heterocycles. The third kappa shape index (κ3) is 6.08. The highest BCUT2D eigenvalue weighted by molar-refractivity contribution is 5.91. The van der Waals surface area contributed by atoms with Gasteiger partial charge in [0.05, 0.1) is 31.5 Å². The van der Waals surface area contributed by atoms with Crippen molar-refractivity contribution in [3.63, 3.8) is 0 Å². The van der Waals surface area contributed by atoms with Gasteiger partial charge in [0.2, 0.25) is 5.91 Å². The Labute approximate surface area is 210 Å². The van der Waals surface area contributed by atoms with Crippen molar-refractivity contribution in [2.24, 2.45) is 0 Å². The van der Waals surface area contributed by atoms with Crippen LogP contribution in [0.5, 0.6) is 0 Å². The van der Waals surface area contributed by atoms with Crippen LogP contribution in [0.25, 0.3) is 22.3 Å². The Balaban J connectivity index is 1.35. The van der Waals surface area contributed by atoms with Crippen molar-refractivity contribution in [1.29, 1.82) is 0 Å². The Morgan fingerprint density at radius 1 is 0.972 bits per heavy atom. The Kier molecular flexibility index (Phi) is 7.85. The first kappa shape index (κ1) is 24.0. The molecule has 1 amide bonds. The van der Waals surface area contributed by atoms with Gasteiger partial charge in [-0.2, -0.15) is 0 Å². The summed E-state index contributed by atoms with van der Waals surface area (Å²) in [6.07, 6.45) is 2.02. The van der Waals surface area contributed by atoms with Crippen molar-refractivity contribution in [2.75, 3.05) is 50.8 Å². The number of furan rings is 1. The Morgan fingerprint density at radius 3 is 2.58 bits per heavy atom. The lowest BCUT2D eigenvalue weighted by atomic mass is 10.1. The highest BCUT2D eigenvalue weighted by Crippen LogP contribution is 2.29. The molecule has 186 valence electrons. The number of carbonyl (C=O) groups is 1. The SMILES string of the molecule is O=C(CCN(Cc1ccco1)c1nc(-c2ccccc2)nc2ccccc12)NCCN1CCOCC1. The molecule has 0 radical (unpaired) electrons. The third-order valence-electron chi connectivity index (χ3n) is 6.30. The quantitative estimate of drug-likeness (QED) is 0.366. The smallest absolute Gasteiger partial charge is 0.221 e. The van der Waals surface area contributed by atoms with E-state index in [9.17, 15) is 4.79 Å². The molecule has 1 N–H and O–H groups in total. The minimum Gasteiger partial charge on any atom is -0.467 e. The molecule has 0 spiro atoms. The lowest BCUT2D eigenvalue weighted by Crippen LogP contribution is -2.41. The molecule has 0 aliphatic carbocycles. The summed E-state index contributed by atoms with van der Waals surface area (Å²) in [5.74, 6) is 2.28. The molecule has 0 unspecified atom stereocenters. The van der Waals surface area contributed by atoms with Crippen molar-refractivity contribution in [3.8, 4) is 11.4 Å². The molecule has 1 fully saturated rings. The highest BCUT2D eigenvalue weighted by atomic mass is 16.5. The number of nitrogens with zero attached hydrogens (tertiary/aromatic N) is 4. The van der Waals surface area contributed by atoms with Crippen LogP contribution in [0, 0.1) is 0 Å². The van der Waals surface area contributed by atoms with Gasteiger partial charge in [-0.1, -0.05) is 42.5 Å². The predicted molar refractivity (Wildman–Crippen MR) is 140 cm³/mol. The third-order valence-corrected chi connectivity index (χ3v) is 6.30. The average molecular weight is 486 g/mol. The van der Waals surface area contributed by atoms with Gasteiger partial charge in [-0.3, -0.25) is 9.69 Å². The fraction of sp³-hybridized carbons (Fsp3) is 0.321. The summed E-state index contributed by atoms with van der Waals surface area (Å²) in [5.41, 5.74) is 1.81. The van der Waals surface area contributed by atoms with Gasteiger partial charge in [0.25, 0.3) is 0 Å². The van der Waals surface area contributed by atoms with Crippen LogP contribution in [0.1, 0.15) is 12.2 Å². The molecule has 0 atom stereocenters. The minimum absolute atomic E-state index is 0.0225. The molecule has 8 nitrogen and oxygen atoms in total. The van der Waals surface area contributed by atoms with Gasteiger partial charge in [-0.15, -0.1) is 0 Å². The summed E-state index contributed by atoms with van der Waals surface area (Å²) < 4.78 is 11.0. The topological polar surface area (TPSA) is 83.7 Å². The number of nitrogens with one attached hydrogen (secondary N) is 1. The number of hydrogen-bond donors (Lipinski definition) is 1. The maximum absolute atomic E-state index is 12.7. The normalized spacial score (nSPS) is 14.1. The fourth-order valence-electron chi connectivity index (χ4n) is 4.37. The summed E-state index contributed by atoms with van der Waals surface area (Å²) in [5, 5.41) is 4.01. The zero-order valence-electron chi connectivity index (χ0n) is 20.3. The van der Waals surface area contributed by atoms with E-state index in [1.165, 1.54) is 0 Å². The van der Waals surface area contributed by atoms with Crippen LogP contribution in [-0.4, -0.2) is 66.7 Å². The van der Waals surface area contributed by atoms with E-state index in [0.717, 1.165) is 60.9 Å². The van der Waals surface area contributed by atoms with Crippen molar-refractivity contribution in [3.05, 3.63) is 78.8 Å². The number of hydrogen-bond acceptors (Lipinski definition) is 7. The van der Waals surface area contributed by atoms with Gasteiger partial charge in [-0.05, 0) is 24.3 Å². The van der Waals surface area contributed by atoms with E-state index < -0.39 is 0 Å². The van der Waals surface area contributed by atoms with Crippen molar-refractivity contribution in [1.82, 2.24) is 20.2 Å². The number of fused-ring (bicyclic) bond motifs is 1. The van der Waals surface area contributed by atoms with Gasteiger partial charge in [-0.25, -0.2) is 9.97 Å². The molecule has 2 aromatic carbocycles. The fourth-order valence-corrected chi connectivity index (χ4v) is 4.37. The van der Waals surface area contributed by atoms with Gasteiger partial charge >= 0.3 is 0 Å². The van der Waals surface area contributed by atoms with Crippen LogP contribution in [-0.2, 0) is 16.1 Å². The molecule has 5 rings (SSSR count). The van der Waals surface area contributed by atoms with Crippen molar-refractivity contribution in [2.45, 2.75) is 13.0 Å². The Hall–Kier alpha value is -3.75.